The van der Waals surface area contributed by atoms with E-state index in [-0.39, 0.29) is 64.5 Å². The molecule has 16 amide bonds. The van der Waals surface area contributed by atoms with Crippen LogP contribution in [0.15, 0.2) is 140 Å². The molecule has 3 heterocycles. The maximum absolute atomic E-state index is 15.3. The number of hydrogen-bond donors (Lipinski definition) is 16. The molecule has 3 aliphatic heterocycles. The normalized spacial score (nSPS) is 24.5. The van der Waals surface area contributed by atoms with Gasteiger partial charge in [-0.3, -0.25) is 81.5 Å². The minimum absolute atomic E-state index is 0.0120. The molecule has 0 spiro atoms. The number of rotatable bonds is 23. The van der Waals surface area contributed by atoms with E-state index in [2.05, 4.69) is 58.5 Å². The Morgan fingerprint density at radius 1 is 0.481 bits per heavy atom. The number of primary amides is 1. The number of aliphatic carboxylic acids is 1. The zero-order valence-electron chi connectivity index (χ0n) is 74.0. The number of fused-ring (bicyclic) bond motifs is 2. The molecule has 8 rings (SSSR count). The first-order chi connectivity index (χ1) is 61.3. The molecule has 0 saturated carbocycles. The predicted octanol–water partition coefficient (Wildman–Crippen LogP) is -0.648. The summed E-state index contributed by atoms with van der Waals surface area (Å²) in [5.41, 5.74) is 16.1. The minimum Gasteiger partial charge on any atom is -0.481 e. The van der Waals surface area contributed by atoms with Gasteiger partial charge in [0, 0.05) is 58.6 Å². The third kappa shape index (κ3) is 29.4. The number of unbranched alkanes of at least 4 members (excludes halogenated alkanes) is 1. The molecule has 0 unspecified atom stereocenters. The van der Waals surface area contributed by atoms with Crippen molar-refractivity contribution in [3.05, 3.63) is 156 Å². The highest BCUT2D eigenvalue weighted by atomic mass is 32.2. The van der Waals surface area contributed by atoms with Gasteiger partial charge in [0.05, 0.1) is 24.5 Å². The number of carboxylic acid groups (broad SMARTS) is 1. The number of thioether (sulfide) groups is 1. The van der Waals surface area contributed by atoms with E-state index in [4.69, 9.17) is 11.5 Å². The Kier molecular flexibility index (Phi) is 38.7. The minimum atomic E-state index is -1.93. The lowest BCUT2D eigenvalue weighted by Gasteiger charge is -2.33. The number of nitrogens with zero attached hydrogens (tertiary/aromatic N) is 4. The van der Waals surface area contributed by atoms with Gasteiger partial charge in [0.1, 0.15) is 84.6 Å². The molecule has 38 heteroatoms. The zero-order valence-corrected chi connectivity index (χ0v) is 74.8. The second-order valence-corrected chi connectivity index (χ2v) is 34.1. The second-order valence-electron chi connectivity index (χ2n) is 33.1. The lowest BCUT2D eigenvalue weighted by Crippen LogP contribution is -2.63. The molecule has 3 aliphatic rings. The zero-order chi connectivity index (χ0) is 94.5. The van der Waals surface area contributed by atoms with Crippen molar-refractivity contribution in [3.63, 3.8) is 0 Å². The van der Waals surface area contributed by atoms with E-state index in [0.717, 1.165) is 55.6 Å². The number of carboxylic acids is 1. The largest absolute Gasteiger partial charge is 0.481 e. The van der Waals surface area contributed by atoms with Crippen LogP contribution in [0.25, 0.3) is 22.3 Å². The highest BCUT2D eigenvalue weighted by Gasteiger charge is 2.45. The van der Waals surface area contributed by atoms with Gasteiger partial charge in [-0.2, -0.15) is 0 Å². The molecule has 0 aromatic heterocycles. The summed E-state index contributed by atoms with van der Waals surface area (Å²) in [7, 11) is 2.50. The number of nitrogens with one attached hydrogen (secondary N) is 11. The van der Waals surface area contributed by atoms with Crippen LogP contribution in [0.4, 0.5) is 0 Å². The molecule has 0 aliphatic carbocycles. The first kappa shape index (κ1) is 102. The molecular formula is C91H121N17O20S. The van der Waals surface area contributed by atoms with Crippen molar-refractivity contribution in [1.82, 2.24) is 78.1 Å². The van der Waals surface area contributed by atoms with E-state index in [9.17, 15) is 87.2 Å². The van der Waals surface area contributed by atoms with Crippen LogP contribution in [0.2, 0.25) is 0 Å². The Balaban J connectivity index is 1.14. The smallest absolute Gasteiger partial charge is 0.303 e. The van der Waals surface area contributed by atoms with Gasteiger partial charge in [-0.05, 0) is 137 Å². The number of amides is 16. The van der Waals surface area contributed by atoms with Gasteiger partial charge >= 0.3 is 5.97 Å². The number of aliphatic hydroxyl groups excluding tert-OH is 2. The van der Waals surface area contributed by atoms with Crippen molar-refractivity contribution in [3.8, 4) is 22.3 Å². The standard InChI is InChI=1S/C91H121N17O20S/c1-51(2)75-91(128)108-44-22-31-71(108)85(122)103-77(56(7)110)87(124)104-76(55(6)109)86(123)100-68(47-59-34-38-63(39-35-59)61-27-17-12-18-28-61)90(127)106(9)54(5)80(117)99-67(46-58-32-36-62(37-33-58)60-25-15-11-16-26-60)89(126)105(8)53(4)79(116)98-65(40-41-74(113)114)82(119)95-52(3)88(125)107-43-21-30-70(107)84(121)101-69(81(118)94-48-72(111)96-64(78(93)115)29-19-20-42-92)49-129-50-73(112)97-66(83(120)102-75)45-57-23-13-10-14-24-57/h10-18,23-28,32-39,51-56,64-71,75-77,109-110H,19-22,29-31,40-50,92H2,1-9H3,(H2,93,115)(H,94,118)(H,95,119)(H,96,111)(H,97,112)(H,98,116)(H,99,117)(H,100,123)(H,101,121)(H,102,120)(H,103,122)(H,104,124)(H,113,114)/t52-,53-,54-,55+,56+,64-,65-,66-,67-,68-,69-,70-,71-,75-,76-,77-/m0/s1. The summed E-state index contributed by atoms with van der Waals surface area (Å²) in [5.74, 6) is -17.8. The summed E-state index contributed by atoms with van der Waals surface area (Å²) in [6.45, 7) is 8.95. The Morgan fingerprint density at radius 3 is 1.39 bits per heavy atom. The summed E-state index contributed by atoms with van der Waals surface area (Å²) >= 11 is 0.801. The molecule has 3 fully saturated rings. The summed E-state index contributed by atoms with van der Waals surface area (Å²) in [4.78, 5) is 248. The fourth-order valence-corrected chi connectivity index (χ4v) is 16.1. The van der Waals surface area contributed by atoms with Crippen molar-refractivity contribution in [1.29, 1.82) is 0 Å². The highest BCUT2D eigenvalue weighted by Crippen LogP contribution is 2.27. The van der Waals surface area contributed by atoms with E-state index in [1.54, 1.807) is 92.7 Å². The van der Waals surface area contributed by atoms with E-state index >= 15 is 9.59 Å². The van der Waals surface area contributed by atoms with E-state index in [0.29, 0.717) is 36.1 Å². The number of nitrogens with two attached hydrogens (primary N) is 2. The van der Waals surface area contributed by atoms with Gasteiger partial charge < -0.3 is 105 Å². The third-order valence-corrected chi connectivity index (χ3v) is 24.1. The number of carbonyl (C=O) groups is 17. The van der Waals surface area contributed by atoms with Crippen LogP contribution in [0, 0.1) is 5.92 Å². The summed E-state index contributed by atoms with van der Waals surface area (Å²) in [6, 6.07) is 19.8. The average molecular weight is 1810 g/mol. The van der Waals surface area contributed by atoms with Crippen molar-refractivity contribution in [2.45, 2.75) is 222 Å². The number of carbonyl (C=O) groups excluding carboxylic acids is 16. The van der Waals surface area contributed by atoms with Crippen molar-refractivity contribution in [2.75, 3.05) is 51.8 Å². The van der Waals surface area contributed by atoms with Crippen LogP contribution >= 0.6 is 11.8 Å². The maximum Gasteiger partial charge on any atom is 0.303 e. The predicted molar refractivity (Wildman–Crippen MR) is 478 cm³/mol. The molecule has 5 aromatic rings. The van der Waals surface area contributed by atoms with Crippen molar-refractivity contribution in [2.24, 2.45) is 17.4 Å². The van der Waals surface area contributed by atoms with Gasteiger partial charge in [0.15, 0.2) is 0 Å². The first-order valence-corrected chi connectivity index (χ1v) is 44.4. The van der Waals surface area contributed by atoms with E-state index < -0.39 is 234 Å². The fraction of sp³-hybridized carbons (Fsp3) is 0.484. The van der Waals surface area contributed by atoms with E-state index in [1.165, 1.54) is 46.7 Å². The van der Waals surface area contributed by atoms with Gasteiger partial charge in [-0.1, -0.05) is 153 Å². The molecule has 3 saturated heterocycles. The van der Waals surface area contributed by atoms with Gasteiger partial charge in [0.2, 0.25) is 94.5 Å². The summed E-state index contributed by atoms with van der Waals surface area (Å²) < 4.78 is 0. The molecule has 16 atom stereocenters. The lowest BCUT2D eigenvalue weighted by atomic mass is 9.99. The Bertz CT molecular complexity index is 4770. The SMILES string of the molecule is CC(C)[C@@H]1NC(=O)[C@H](Cc2ccccc2)NC(=O)CSC[C@@H](C(=O)NCC(=O)N[C@@H](CCCCN)C(N)=O)NC(=O)[C@@H]2CCCN2C(=O)[C@H](C)NC(=O)[C@H](CCC(=O)O)NC(=O)[C@H](C)N(C)C(=O)[C@H](Cc2ccc(-c3ccccc3)cc2)NC(=O)[C@H](C)N(C)C(=O)[C@H](Cc2ccc(-c3ccccc3)cc2)NC(=O)[C@H]([C@@H](C)O)NC(=O)[C@H]([C@@H](C)O)NC(=O)[C@@H]2CCCN2C1=O. The van der Waals surface area contributed by atoms with Crippen LogP contribution in [-0.2, 0) is 101 Å². The third-order valence-electron chi connectivity index (χ3n) is 23.0. The second kappa shape index (κ2) is 49.0. The topological polar surface area (TPSA) is 548 Å². The van der Waals surface area contributed by atoms with Gasteiger partial charge in [-0.25, -0.2) is 0 Å². The van der Waals surface area contributed by atoms with Gasteiger partial charge in [0.25, 0.3) is 0 Å². The monoisotopic (exact) mass is 1800 g/mol. The number of benzene rings is 5. The van der Waals surface area contributed by atoms with Gasteiger partial charge in [-0.15, -0.1) is 11.8 Å². The molecule has 0 bridgehead atoms. The average Bonchev–Trinajstić information content (AvgIpc) is 1.52. The Labute approximate surface area is 753 Å². The van der Waals surface area contributed by atoms with Crippen molar-refractivity contribution >= 4 is 112 Å². The van der Waals surface area contributed by atoms with Crippen LogP contribution in [-0.4, -0.2) is 284 Å². The Hall–Kier alpha value is -12.7. The molecule has 5 aromatic carbocycles. The van der Waals surface area contributed by atoms with Crippen LogP contribution < -0.4 is 70.0 Å². The molecule has 696 valence electrons. The number of hydrogen-bond acceptors (Lipinski definition) is 21. The molecular weight excluding hydrogens is 1680 g/mol. The highest BCUT2D eigenvalue weighted by molar-refractivity contribution is 8.00. The van der Waals surface area contributed by atoms with E-state index in [1.807, 2.05) is 60.7 Å². The molecule has 37 nitrogen and oxygen atoms in total. The van der Waals surface area contributed by atoms with Crippen LogP contribution in [0.1, 0.15) is 123 Å². The number of likely N-dealkylation sites (N-methyl/N-ethyl adjacent to an activating group) is 2. The van der Waals surface area contributed by atoms with Crippen molar-refractivity contribution < 1.29 is 96.8 Å². The summed E-state index contributed by atoms with van der Waals surface area (Å²) in [5, 5.41) is 61.0. The summed E-state index contributed by atoms with van der Waals surface area (Å²) in [6.07, 6.45) is -3.82. The lowest BCUT2D eigenvalue weighted by molar-refractivity contribution is -0.145. The fourth-order valence-electron chi connectivity index (χ4n) is 15.2. The number of aliphatic hydroxyl groups is 2. The van der Waals surface area contributed by atoms with Crippen LogP contribution in [0.3, 0.4) is 0 Å². The molecule has 18 N–H and O–H groups in total. The first-order valence-electron chi connectivity index (χ1n) is 43.3. The van der Waals surface area contributed by atoms with Crippen LogP contribution in [0.5, 0.6) is 0 Å². The molecule has 0 radical (unpaired) electrons. The molecule has 129 heavy (non-hydrogen) atoms. The quantitative estimate of drug-likeness (QED) is 0.0361. The maximum atomic E-state index is 15.3. The Morgan fingerprint density at radius 2 is 0.907 bits per heavy atom.